The Labute approximate surface area is 137 Å². The molecule has 1 atom stereocenters. The summed E-state index contributed by atoms with van der Waals surface area (Å²) in [5.41, 5.74) is 2.37. The molecule has 1 amide bonds. The zero-order valence-electron chi connectivity index (χ0n) is 12.0. The fourth-order valence-electron chi connectivity index (χ4n) is 2.03. The van der Waals surface area contributed by atoms with E-state index in [1.165, 1.54) is 17.3 Å². The van der Waals surface area contributed by atoms with Crippen LogP contribution in [0.4, 0.5) is 0 Å². The first-order valence-electron chi connectivity index (χ1n) is 6.88. The van der Waals surface area contributed by atoms with Gasteiger partial charge in [0, 0.05) is 4.88 Å². The van der Waals surface area contributed by atoms with Gasteiger partial charge < -0.3 is 5.32 Å². The number of carbonyl (C=O) groups excluding carboxylic acids is 1. The summed E-state index contributed by atoms with van der Waals surface area (Å²) in [5, 5.41) is 13.3. The lowest BCUT2D eigenvalue weighted by Gasteiger charge is -2.05. The van der Waals surface area contributed by atoms with Crippen molar-refractivity contribution in [2.24, 2.45) is 10.2 Å². The van der Waals surface area contributed by atoms with Gasteiger partial charge >= 0.3 is 0 Å². The molecule has 0 unspecified atom stereocenters. The minimum atomic E-state index is -0.140. The molecule has 6 heteroatoms. The van der Waals surface area contributed by atoms with Gasteiger partial charge in [0.2, 0.25) is 5.91 Å². The van der Waals surface area contributed by atoms with Gasteiger partial charge in [0.15, 0.2) is 5.17 Å². The van der Waals surface area contributed by atoms with E-state index in [1.807, 2.05) is 17.5 Å². The number of amides is 1. The number of thiophene rings is 1. The number of nitrogens with zero attached hydrogens (tertiary/aromatic N) is 2. The Bertz CT molecular complexity index is 706. The number of carbonyl (C=O) groups is 1. The third-order valence-corrected chi connectivity index (χ3v) is 5.07. The minimum absolute atomic E-state index is 0.00403. The minimum Gasteiger partial charge on any atom is -0.303 e. The molecule has 0 bridgehead atoms. The van der Waals surface area contributed by atoms with Gasteiger partial charge in [-0.1, -0.05) is 47.7 Å². The van der Waals surface area contributed by atoms with E-state index in [0.29, 0.717) is 11.6 Å². The van der Waals surface area contributed by atoms with Crippen molar-refractivity contribution in [3.8, 4) is 0 Å². The molecule has 0 saturated carbocycles. The van der Waals surface area contributed by atoms with Gasteiger partial charge in [0.25, 0.3) is 0 Å². The molecular formula is C16H15N3OS2. The Morgan fingerprint density at radius 2 is 2.09 bits per heavy atom. The maximum Gasteiger partial charge on any atom is 0.239 e. The van der Waals surface area contributed by atoms with Gasteiger partial charge in [-0.15, -0.1) is 16.4 Å². The number of aryl methyl sites for hydroxylation is 1. The van der Waals surface area contributed by atoms with Crippen molar-refractivity contribution >= 4 is 40.4 Å². The lowest BCUT2D eigenvalue weighted by Crippen LogP contribution is -2.25. The van der Waals surface area contributed by atoms with Crippen molar-refractivity contribution < 1.29 is 4.79 Å². The predicted molar refractivity (Wildman–Crippen MR) is 93.8 cm³/mol. The van der Waals surface area contributed by atoms with Gasteiger partial charge in [-0.05, 0) is 30.4 Å². The second kappa shape index (κ2) is 6.89. The molecule has 4 nitrogen and oxygen atoms in total. The summed E-state index contributed by atoms with van der Waals surface area (Å²) in [4.78, 5) is 13.0. The molecule has 1 saturated heterocycles. The van der Waals surface area contributed by atoms with Crippen LogP contribution in [-0.2, 0) is 11.2 Å². The van der Waals surface area contributed by atoms with Crippen molar-refractivity contribution in [1.82, 2.24) is 5.32 Å². The number of benzene rings is 1. The van der Waals surface area contributed by atoms with E-state index in [2.05, 4.69) is 46.7 Å². The van der Waals surface area contributed by atoms with E-state index in [-0.39, 0.29) is 11.2 Å². The van der Waals surface area contributed by atoms with Crippen molar-refractivity contribution in [3.63, 3.8) is 0 Å². The fourth-order valence-corrected chi connectivity index (χ4v) is 3.57. The molecule has 1 aromatic carbocycles. The first-order valence-corrected chi connectivity index (χ1v) is 8.64. The normalized spacial score (nSPS) is 20.0. The average Bonchev–Trinajstić information content (AvgIpc) is 3.12. The third kappa shape index (κ3) is 3.84. The highest BCUT2D eigenvalue weighted by Crippen LogP contribution is 2.23. The van der Waals surface area contributed by atoms with Crippen molar-refractivity contribution in [2.75, 3.05) is 0 Å². The Kier molecular flexibility index (Phi) is 4.70. The van der Waals surface area contributed by atoms with E-state index >= 15 is 0 Å². The number of amidine groups is 1. The lowest BCUT2D eigenvalue weighted by molar-refractivity contribution is -0.118. The Morgan fingerprint density at radius 1 is 1.27 bits per heavy atom. The summed E-state index contributed by atoms with van der Waals surface area (Å²) in [6.07, 6.45) is 2.39. The van der Waals surface area contributed by atoms with Crippen LogP contribution in [0.5, 0.6) is 0 Å². The number of nitrogens with one attached hydrogen (secondary N) is 1. The summed E-state index contributed by atoms with van der Waals surface area (Å²) in [7, 11) is 0. The Balaban J connectivity index is 1.61. The van der Waals surface area contributed by atoms with E-state index in [4.69, 9.17) is 0 Å². The molecule has 0 aliphatic carbocycles. The maximum absolute atomic E-state index is 12.0. The van der Waals surface area contributed by atoms with E-state index in [9.17, 15) is 4.79 Å². The van der Waals surface area contributed by atoms with E-state index < -0.39 is 0 Å². The maximum atomic E-state index is 12.0. The predicted octanol–water partition coefficient (Wildman–Crippen LogP) is 3.22. The van der Waals surface area contributed by atoms with Crippen LogP contribution < -0.4 is 5.32 Å². The van der Waals surface area contributed by atoms with Crippen LogP contribution in [0.3, 0.4) is 0 Å². The van der Waals surface area contributed by atoms with Crippen LogP contribution in [0.2, 0.25) is 0 Å². The number of rotatable bonds is 4. The number of thioether (sulfide) groups is 1. The van der Waals surface area contributed by atoms with Crippen LogP contribution in [0.1, 0.15) is 16.0 Å². The molecular weight excluding hydrogens is 314 g/mol. The van der Waals surface area contributed by atoms with Crippen LogP contribution in [0, 0.1) is 6.92 Å². The quantitative estimate of drug-likeness (QED) is 0.692. The Hall–Kier alpha value is -1.92. The zero-order valence-corrected chi connectivity index (χ0v) is 13.7. The summed E-state index contributed by atoms with van der Waals surface area (Å²) in [5.74, 6) is -0.00403. The second-order valence-electron chi connectivity index (χ2n) is 4.95. The van der Waals surface area contributed by atoms with Crippen LogP contribution in [0.15, 0.2) is 52.0 Å². The van der Waals surface area contributed by atoms with Gasteiger partial charge in [0.05, 0.1) is 11.5 Å². The first-order chi connectivity index (χ1) is 10.7. The molecule has 3 rings (SSSR count). The SMILES string of the molecule is Cc1ccc(C[C@H]2S/C(=N\N=C/c3cccs3)NC2=O)cc1. The highest BCUT2D eigenvalue weighted by molar-refractivity contribution is 8.15. The number of hydrogen-bond acceptors (Lipinski definition) is 5. The highest BCUT2D eigenvalue weighted by atomic mass is 32.2. The first kappa shape index (κ1) is 15.0. The molecule has 1 aliphatic heterocycles. The molecule has 1 fully saturated rings. The summed E-state index contributed by atoms with van der Waals surface area (Å²) in [6, 6.07) is 12.2. The molecule has 1 N–H and O–H groups in total. The summed E-state index contributed by atoms with van der Waals surface area (Å²) in [6.45, 7) is 2.05. The molecule has 112 valence electrons. The highest BCUT2D eigenvalue weighted by Gasteiger charge is 2.30. The summed E-state index contributed by atoms with van der Waals surface area (Å²) >= 11 is 3.03. The van der Waals surface area contributed by atoms with E-state index in [1.54, 1.807) is 17.6 Å². The lowest BCUT2D eigenvalue weighted by atomic mass is 10.1. The fraction of sp³-hybridized carbons (Fsp3) is 0.188. The van der Waals surface area contributed by atoms with E-state index in [0.717, 1.165) is 10.4 Å². The van der Waals surface area contributed by atoms with Crippen LogP contribution in [-0.4, -0.2) is 22.5 Å². The monoisotopic (exact) mass is 329 g/mol. The molecule has 2 aromatic rings. The zero-order chi connectivity index (χ0) is 15.4. The molecule has 0 radical (unpaired) electrons. The molecule has 0 spiro atoms. The number of hydrogen-bond donors (Lipinski definition) is 1. The van der Waals surface area contributed by atoms with Crippen molar-refractivity contribution in [3.05, 3.63) is 57.8 Å². The average molecular weight is 329 g/mol. The van der Waals surface area contributed by atoms with Gasteiger partial charge in [0.1, 0.15) is 0 Å². The molecule has 2 heterocycles. The summed E-state index contributed by atoms with van der Waals surface area (Å²) < 4.78 is 0. The molecule has 1 aromatic heterocycles. The Morgan fingerprint density at radius 3 is 2.82 bits per heavy atom. The largest absolute Gasteiger partial charge is 0.303 e. The standard InChI is InChI=1S/C16H15N3OS2/c1-11-4-6-12(7-5-11)9-14-15(20)18-16(22-14)19-17-10-13-3-2-8-21-13/h2-8,10,14H,9H2,1H3,(H,18,19,20)/b17-10-/t14-/m1/s1. The van der Waals surface area contributed by atoms with Gasteiger partial charge in [-0.25, -0.2) is 0 Å². The molecule has 22 heavy (non-hydrogen) atoms. The third-order valence-electron chi connectivity index (χ3n) is 3.19. The van der Waals surface area contributed by atoms with Crippen LogP contribution >= 0.6 is 23.1 Å². The van der Waals surface area contributed by atoms with Gasteiger partial charge in [-0.3, -0.25) is 4.79 Å². The van der Waals surface area contributed by atoms with Crippen LogP contribution in [0.25, 0.3) is 0 Å². The van der Waals surface area contributed by atoms with Crippen molar-refractivity contribution in [1.29, 1.82) is 0 Å². The van der Waals surface area contributed by atoms with Gasteiger partial charge in [-0.2, -0.15) is 5.10 Å². The topological polar surface area (TPSA) is 53.8 Å². The second-order valence-corrected chi connectivity index (χ2v) is 7.12. The smallest absolute Gasteiger partial charge is 0.239 e. The molecule has 1 aliphatic rings. The van der Waals surface area contributed by atoms with Crippen molar-refractivity contribution in [2.45, 2.75) is 18.6 Å².